The van der Waals surface area contributed by atoms with Crippen LogP contribution in [-0.4, -0.2) is 56.2 Å². The van der Waals surface area contributed by atoms with Crippen LogP contribution in [0.15, 0.2) is 0 Å². The summed E-state index contributed by atoms with van der Waals surface area (Å²) in [5.41, 5.74) is 2.34. The molecule has 0 N–H and O–H groups in total. The van der Waals surface area contributed by atoms with Crippen LogP contribution in [-0.2, 0) is 14.2 Å². The lowest BCUT2D eigenvalue weighted by Gasteiger charge is -2.63. The van der Waals surface area contributed by atoms with Crippen molar-refractivity contribution in [1.29, 1.82) is 0 Å². The third-order valence-corrected chi connectivity index (χ3v) is 14.4. The van der Waals surface area contributed by atoms with Gasteiger partial charge in [0.2, 0.25) is 0 Å². The normalized spacial score (nSPS) is 57.7. The molecule has 0 bridgehead atoms. The van der Waals surface area contributed by atoms with Crippen LogP contribution in [0.4, 0.5) is 0 Å². The molecule has 204 valence electrons. The Morgan fingerprint density at radius 2 is 1.67 bits per heavy atom. The number of fused-ring (bicyclic) bond motifs is 4. The third-order valence-electron chi connectivity index (χ3n) is 14.4. The van der Waals surface area contributed by atoms with E-state index in [9.17, 15) is 0 Å². The predicted molar refractivity (Wildman–Crippen MR) is 143 cm³/mol. The van der Waals surface area contributed by atoms with Gasteiger partial charge >= 0.3 is 0 Å². The summed E-state index contributed by atoms with van der Waals surface area (Å²) < 4.78 is 19.6. The molecule has 2 heterocycles. The second kappa shape index (κ2) is 7.95. The predicted octanol–water partition coefficient (Wildman–Crippen LogP) is 6.67. The van der Waals surface area contributed by atoms with Crippen molar-refractivity contribution in [3.8, 4) is 0 Å². The average molecular weight is 500 g/mol. The molecule has 0 aromatic carbocycles. The van der Waals surface area contributed by atoms with Crippen LogP contribution in [0.5, 0.6) is 0 Å². The maximum atomic E-state index is 6.81. The zero-order valence-electron chi connectivity index (χ0n) is 24.1. The second-order valence-electron chi connectivity index (χ2n) is 15.6. The summed E-state index contributed by atoms with van der Waals surface area (Å²) in [6.07, 6.45) is 16.4. The van der Waals surface area contributed by atoms with Gasteiger partial charge in [-0.1, -0.05) is 34.6 Å². The first-order valence-corrected chi connectivity index (χ1v) is 15.7. The van der Waals surface area contributed by atoms with Crippen molar-refractivity contribution in [2.45, 2.75) is 130 Å². The molecule has 5 saturated carbocycles. The molecular formula is C32H53NO3. The molecule has 2 saturated heterocycles. The minimum absolute atomic E-state index is 0.0466. The van der Waals surface area contributed by atoms with Gasteiger partial charge in [0, 0.05) is 13.1 Å². The third kappa shape index (κ3) is 3.02. The maximum absolute atomic E-state index is 6.81. The van der Waals surface area contributed by atoms with E-state index in [4.69, 9.17) is 14.2 Å². The van der Waals surface area contributed by atoms with Gasteiger partial charge in [0.25, 0.3) is 0 Å². The van der Waals surface area contributed by atoms with E-state index in [0.29, 0.717) is 40.0 Å². The Balaban J connectivity index is 1.14. The molecule has 0 radical (unpaired) electrons. The fourth-order valence-electron chi connectivity index (χ4n) is 12.4. The van der Waals surface area contributed by atoms with Crippen molar-refractivity contribution in [3.63, 3.8) is 0 Å². The number of rotatable bonds is 3. The monoisotopic (exact) mass is 499 g/mol. The second-order valence-corrected chi connectivity index (χ2v) is 15.6. The Bertz CT molecular complexity index is 891. The fraction of sp³-hybridized carbons (Fsp3) is 1.00. The van der Waals surface area contributed by atoms with Crippen molar-refractivity contribution in [3.05, 3.63) is 0 Å². The highest BCUT2D eigenvalue weighted by atomic mass is 16.7. The molecule has 0 aromatic rings. The van der Waals surface area contributed by atoms with Crippen molar-refractivity contribution in [2.75, 3.05) is 26.7 Å². The van der Waals surface area contributed by atoms with Crippen LogP contribution in [0.2, 0.25) is 0 Å². The van der Waals surface area contributed by atoms with Gasteiger partial charge < -0.3 is 14.2 Å². The van der Waals surface area contributed by atoms with E-state index >= 15 is 0 Å². The number of hydrogen-bond donors (Lipinski definition) is 0. The van der Waals surface area contributed by atoms with Gasteiger partial charge in [-0.05, 0) is 123 Å². The molecular weight excluding hydrogens is 446 g/mol. The Labute approximate surface area is 220 Å². The van der Waals surface area contributed by atoms with Gasteiger partial charge in [0.1, 0.15) is 0 Å². The first kappa shape index (κ1) is 24.9. The van der Waals surface area contributed by atoms with Crippen LogP contribution in [0, 0.1) is 44.8 Å². The highest BCUT2D eigenvalue weighted by molar-refractivity contribution is 5.31. The molecule has 36 heavy (non-hydrogen) atoms. The van der Waals surface area contributed by atoms with Crippen molar-refractivity contribution >= 4 is 0 Å². The van der Waals surface area contributed by atoms with Crippen LogP contribution in [0.3, 0.4) is 0 Å². The maximum Gasteiger partial charge on any atom is 0.170 e. The van der Waals surface area contributed by atoms with Gasteiger partial charge in [-0.2, -0.15) is 0 Å². The van der Waals surface area contributed by atoms with Crippen LogP contribution >= 0.6 is 0 Å². The molecule has 6 unspecified atom stereocenters. The lowest BCUT2D eigenvalue weighted by atomic mass is 9.42. The Kier molecular flexibility index (Phi) is 5.49. The first-order chi connectivity index (χ1) is 17.1. The van der Waals surface area contributed by atoms with Crippen molar-refractivity contribution < 1.29 is 14.2 Å². The van der Waals surface area contributed by atoms with Crippen molar-refractivity contribution in [1.82, 2.24) is 4.90 Å². The summed E-state index contributed by atoms with van der Waals surface area (Å²) in [4.78, 5) is 2.36. The zero-order valence-corrected chi connectivity index (χ0v) is 24.1. The van der Waals surface area contributed by atoms with Crippen LogP contribution in [0.1, 0.15) is 105 Å². The van der Waals surface area contributed by atoms with E-state index in [1.165, 1.54) is 70.6 Å². The molecule has 5 aliphatic carbocycles. The van der Waals surface area contributed by atoms with Crippen molar-refractivity contribution in [2.24, 2.45) is 44.8 Å². The van der Waals surface area contributed by atoms with E-state index in [-0.39, 0.29) is 11.7 Å². The SMILES string of the molecule is CCC1CC[C@H]2C(C[C@@]3(C)C4CC[C@H]5C(C)(C)[C@@H](OC6CN(C)CCO6)CCC56C[C@@]46CCC23C)O1. The minimum atomic E-state index is -0.0466. The fourth-order valence-corrected chi connectivity index (χ4v) is 12.4. The Morgan fingerprint density at radius 1 is 0.889 bits per heavy atom. The molecule has 2 aliphatic heterocycles. The minimum Gasteiger partial charge on any atom is -0.375 e. The summed E-state index contributed by atoms with van der Waals surface area (Å²) in [6.45, 7) is 15.6. The van der Waals surface area contributed by atoms with Gasteiger partial charge in [0.15, 0.2) is 6.29 Å². The average Bonchev–Trinajstić information content (AvgIpc) is 3.45. The highest BCUT2D eigenvalue weighted by Crippen LogP contribution is 2.89. The molecule has 4 heteroatoms. The summed E-state index contributed by atoms with van der Waals surface area (Å²) in [6, 6.07) is 0. The topological polar surface area (TPSA) is 30.9 Å². The molecule has 7 fully saturated rings. The number of hydrogen-bond acceptors (Lipinski definition) is 4. The van der Waals surface area contributed by atoms with E-state index in [1.54, 1.807) is 0 Å². The molecule has 2 spiro atoms. The molecule has 4 nitrogen and oxygen atoms in total. The summed E-state index contributed by atoms with van der Waals surface area (Å²) in [7, 11) is 2.19. The smallest absolute Gasteiger partial charge is 0.170 e. The molecule has 0 amide bonds. The summed E-state index contributed by atoms with van der Waals surface area (Å²) in [5.74, 6) is 2.50. The number of nitrogens with zero attached hydrogens (tertiary/aromatic N) is 1. The zero-order chi connectivity index (χ0) is 25.1. The largest absolute Gasteiger partial charge is 0.375 e. The number of likely N-dealkylation sites (N-methyl/N-ethyl adjacent to an activating group) is 1. The Morgan fingerprint density at radius 3 is 2.44 bits per heavy atom. The summed E-state index contributed by atoms with van der Waals surface area (Å²) in [5, 5.41) is 0. The molecule has 11 atom stereocenters. The molecule has 0 aromatic heterocycles. The van der Waals surface area contributed by atoms with Gasteiger partial charge in [-0.15, -0.1) is 0 Å². The van der Waals surface area contributed by atoms with Gasteiger partial charge in [-0.3, -0.25) is 4.90 Å². The van der Waals surface area contributed by atoms with E-state index in [1.807, 2.05) is 0 Å². The van der Waals surface area contributed by atoms with Crippen LogP contribution < -0.4 is 0 Å². The number of morpholine rings is 1. The summed E-state index contributed by atoms with van der Waals surface area (Å²) >= 11 is 0. The Hall–Kier alpha value is -0.160. The highest BCUT2D eigenvalue weighted by Gasteiger charge is 2.82. The lowest BCUT2D eigenvalue weighted by molar-refractivity contribution is -0.245. The standard InChI is InChI=1S/C32H53NO3/c1-7-21-8-9-22-23(35-21)18-30(5)25-11-10-24-28(2,3)26(36-27-19-33(6)16-17-34-27)12-13-31(24)20-32(25,31)15-14-29(22,30)4/h21-27H,7-20H2,1-6H3/t21?,22-,23?,24-,25?,26-,27?,29?,30-,31?,32-/m0/s1. The number of ether oxygens (including phenoxy) is 3. The molecule has 7 rings (SSSR count). The van der Waals surface area contributed by atoms with E-state index in [0.717, 1.165) is 37.5 Å². The molecule has 7 aliphatic rings. The lowest BCUT2D eigenvalue weighted by Crippen LogP contribution is -2.58. The first-order valence-electron chi connectivity index (χ1n) is 15.7. The quantitative estimate of drug-likeness (QED) is 0.434. The van der Waals surface area contributed by atoms with E-state index in [2.05, 4.69) is 46.6 Å². The van der Waals surface area contributed by atoms with Gasteiger partial charge in [0.05, 0.1) is 24.9 Å². The van der Waals surface area contributed by atoms with Crippen LogP contribution in [0.25, 0.3) is 0 Å². The van der Waals surface area contributed by atoms with Gasteiger partial charge in [-0.25, -0.2) is 0 Å². The van der Waals surface area contributed by atoms with E-state index < -0.39 is 0 Å².